The van der Waals surface area contributed by atoms with Crippen LogP contribution < -0.4 is 5.32 Å². The van der Waals surface area contributed by atoms with Crippen molar-refractivity contribution in [2.75, 3.05) is 28.2 Å². The summed E-state index contributed by atoms with van der Waals surface area (Å²) < 4.78 is 0. The van der Waals surface area contributed by atoms with Crippen LogP contribution in [0.1, 0.15) is 31.4 Å². The summed E-state index contributed by atoms with van der Waals surface area (Å²) in [7, 11) is 6.50. The Kier molecular flexibility index (Phi) is 11.1. The molecule has 43 heavy (non-hydrogen) atoms. The lowest BCUT2D eigenvalue weighted by molar-refractivity contribution is -0.148. The number of nitrogens with one attached hydrogen (secondary N) is 1. The number of carboxylic acid groups (broad SMARTS) is 1. The smallest absolute Gasteiger partial charge is 0.405 e. The molecule has 0 saturated carbocycles. The molecule has 2 N–H and O–H groups in total. The molecule has 0 aliphatic carbocycles. The first kappa shape index (κ1) is 32.8. The lowest BCUT2D eigenvalue weighted by Gasteiger charge is -2.35. The molecule has 0 aliphatic heterocycles. The number of hydrogen-bond acceptors (Lipinski definition) is 4. The van der Waals surface area contributed by atoms with Gasteiger partial charge in [-0.25, -0.2) is 4.79 Å². The standard InChI is InChI=1S/C34H42N4O5/c1-34(2,35-33(42)43)20-12-17-30(39)37(5)29(23-25-18-19-26-15-10-11-16-27(26)21-25)32(41)38(6)28(31(40)36(3)4)22-24-13-8-7-9-14-24/h7-19,21,28-29,35H,20,22-23H2,1-6H3,(H,42,43)/t28-,29-/m1/s1. The number of fused-ring (bicyclic) bond motifs is 1. The zero-order valence-corrected chi connectivity index (χ0v) is 25.8. The molecule has 9 heteroatoms. The number of likely N-dealkylation sites (N-methyl/N-ethyl adjacent to an activating group) is 3. The van der Waals surface area contributed by atoms with E-state index < -0.39 is 29.6 Å². The Morgan fingerprint density at radius 2 is 1.35 bits per heavy atom. The molecule has 0 fully saturated rings. The molecule has 3 aromatic rings. The third-order valence-corrected chi connectivity index (χ3v) is 7.49. The second-order valence-corrected chi connectivity index (χ2v) is 11.7. The van der Waals surface area contributed by atoms with E-state index in [9.17, 15) is 19.2 Å². The van der Waals surface area contributed by atoms with Gasteiger partial charge in [-0.2, -0.15) is 0 Å². The van der Waals surface area contributed by atoms with Crippen molar-refractivity contribution < 1.29 is 24.3 Å². The molecule has 0 spiro atoms. The van der Waals surface area contributed by atoms with Gasteiger partial charge in [-0.3, -0.25) is 14.4 Å². The molecule has 0 bridgehead atoms. The van der Waals surface area contributed by atoms with Gasteiger partial charge in [0.05, 0.1) is 0 Å². The summed E-state index contributed by atoms with van der Waals surface area (Å²) in [5.74, 6) is -0.982. The number of rotatable bonds is 12. The fraction of sp³-hybridized carbons (Fsp3) is 0.353. The first-order valence-corrected chi connectivity index (χ1v) is 14.2. The molecule has 4 amide bonds. The van der Waals surface area contributed by atoms with Gasteiger partial charge in [0, 0.05) is 46.6 Å². The number of nitrogens with zero attached hydrogens (tertiary/aromatic N) is 3. The zero-order chi connectivity index (χ0) is 31.7. The maximum atomic E-state index is 14.2. The van der Waals surface area contributed by atoms with Gasteiger partial charge in [0.2, 0.25) is 17.7 Å². The van der Waals surface area contributed by atoms with E-state index in [1.165, 1.54) is 20.8 Å². The van der Waals surface area contributed by atoms with Crippen LogP contribution in [0.25, 0.3) is 10.8 Å². The van der Waals surface area contributed by atoms with Crippen LogP contribution in [-0.4, -0.2) is 89.4 Å². The van der Waals surface area contributed by atoms with Crippen molar-refractivity contribution in [1.29, 1.82) is 0 Å². The van der Waals surface area contributed by atoms with Gasteiger partial charge in [-0.15, -0.1) is 0 Å². The Balaban J connectivity index is 1.93. The zero-order valence-electron chi connectivity index (χ0n) is 25.8. The van der Waals surface area contributed by atoms with Gasteiger partial charge >= 0.3 is 6.09 Å². The second kappa shape index (κ2) is 14.5. The van der Waals surface area contributed by atoms with Crippen molar-refractivity contribution >= 4 is 34.6 Å². The molecular weight excluding hydrogens is 544 g/mol. The number of carbonyl (C=O) groups excluding carboxylic acids is 3. The van der Waals surface area contributed by atoms with E-state index in [4.69, 9.17) is 5.11 Å². The predicted molar refractivity (Wildman–Crippen MR) is 169 cm³/mol. The third kappa shape index (κ3) is 9.16. The molecular formula is C34H42N4O5. The monoisotopic (exact) mass is 586 g/mol. The van der Waals surface area contributed by atoms with Crippen LogP contribution in [0.4, 0.5) is 4.79 Å². The number of hydrogen-bond donors (Lipinski definition) is 2. The molecule has 9 nitrogen and oxygen atoms in total. The summed E-state index contributed by atoms with van der Waals surface area (Å²) in [6.07, 6.45) is 2.65. The van der Waals surface area contributed by atoms with Crippen LogP contribution in [0.5, 0.6) is 0 Å². The minimum absolute atomic E-state index is 0.216. The van der Waals surface area contributed by atoms with E-state index in [1.54, 1.807) is 48.1 Å². The molecule has 228 valence electrons. The Morgan fingerprint density at radius 3 is 1.98 bits per heavy atom. The lowest BCUT2D eigenvalue weighted by atomic mass is 9.98. The first-order chi connectivity index (χ1) is 20.3. The maximum absolute atomic E-state index is 14.2. The SMILES string of the molecule is CN(C)C(=O)[C@@H](Cc1ccccc1)N(C)C(=O)[C@@H](Cc1ccc2ccccc2c1)N(C)C(=O)C=CCC(C)(C)NC(=O)O. The summed E-state index contributed by atoms with van der Waals surface area (Å²) in [4.78, 5) is 56.3. The molecule has 3 rings (SSSR count). The van der Waals surface area contributed by atoms with Gasteiger partial charge in [0.1, 0.15) is 12.1 Å². The normalized spacial score (nSPS) is 12.9. The van der Waals surface area contributed by atoms with Gasteiger partial charge < -0.3 is 25.1 Å². The average Bonchev–Trinajstić information content (AvgIpc) is 2.96. The van der Waals surface area contributed by atoms with Gasteiger partial charge in [-0.05, 0) is 48.2 Å². The average molecular weight is 587 g/mol. The minimum Gasteiger partial charge on any atom is -0.465 e. The molecule has 0 unspecified atom stereocenters. The summed E-state index contributed by atoms with van der Waals surface area (Å²) in [6.45, 7) is 3.44. The van der Waals surface area contributed by atoms with Crippen molar-refractivity contribution in [1.82, 2.24) is 20.0 Å². The van der Waals surface area contributed by atoms with E-state index in [2.05, 4.69) is 5.32 Å². The second-order valence-electron chi connectivity index (χ2n) is 11.7. The van der Waals surface area contributed by atoms with E-state index in [0.29, 0.717) is 6.42 Å². The fourth-order valence-corrected chi connectivity index (χ4v) is 4.96. The van der Waals surface area contributed by atoms with Crippen molar-refractivity contribution in [2.45, 2.75) is 50.7 Å². The van der Waals surface area contributed by atoms with Crippen molar-refractivity contribution in [2.24, 2.45) is 0 Å². The van der Waals surface area contributed by atoms with Gasteiger partial charge in [0.25, 0.3) is 0 Å². The topological polar surface area (TPSA) is 110 Å². The minimum atomic E-state index is -1.15. The molecule has 0 heterocycles. The summed E-state index contributed by atoms with van der Waals surface area (Å²) in [5, 5.41) is 13.6. The summed E-state index contributed by atoms with van der Waals surface area (Å²) in [5.41, 5.74) is 1.01. The maximum Gasteiger partial charge on any atom is 0.405 e. The van der Waals surface area contributed by atoms with Crippen molar-refractivity contribution in [3.8, 4) is 0 Å². The van der Waals surface area contributed by atoms with E-state index in [0.717, 1.165) is 21.9 Å². The van der Waals surface area contributed by atoms with E-state index >= 15 is 0 Å². The summed E-state index contributed by atoms with van der Waals surface area (Å²) in [6, 6.07) is 21.7. The highest BCUT2D eigenvalue weighted by Gasteiger charge is 2.35. The largest absolute Gasteiger partial charge is 0.465 e. The molecule has 0 saturated heterocycles. The number of amides is 4. The fourth-order valence-electron chi connectivity index (χ4n) is 4.96. The first-order valence-electron chi connectivity index (χ1n) is 14.2. The molecule has 3 aromatic carbocycles. The number of benzene rings is 3. The lowest BCUT2D eigenvalue weighted by Crippen LogP contribution is -2.55. The van der Waals surface area contributed by atoms with E-state index in [1.807, 2.05) is 72.8 Å². The van der Waals surface area contributed by atoms with Crippen molar-refractivity contribution in [3.05, 3.63) is 96.1 Å². The van der Waals surface area contributed by atoms with Crippen LogP contribution in [-0.2, 0) is 27.2 Å². The molecule has 0 radical (unpaired) electrons. The highest BCUT2D eigenvalue weighted by Crippen LogP contribution is 2.20. The van der Waals surface area contributed by atoms with Crippen LogP contribution in [0.2, 0.25) is 0 Å². The Bertz CT molecular complexity index is 1470. The van der Waals surface area contributed by atoms with Crippen LogP contribution in [0, 0.1) is 0 Å². The third-order valence-electron chi connectivity index (χ3n) is 7.49. The Hall–Kier alpha value is -4.66. The Labute approximate surface area is 253 Å². The van der Waals surface area contributed by atoms with Crippen LogP contribution in [0.15, 0.2) is 84.9 Å². The van der Waals surface area contributed by atoms with Crippen LogP contribution in [0.3, 0.4) is 0 Å². The molecule has 0 aliphatic rings. The Morgan fingerprint density at radius 1 is 0.767 bits per heavy atom. The molecule has 0 aromatic heterocycles. The van der Waals surface area contributed by atoms with Crippen LogP contribution >= 0.6 is 0 Å². The quantitative estimate of drug-likeness (QED) is 0.307. The highest BCUT2D eigenvalue weighted by molar-refractivity contribution is 5.95. The number of carbonyl (C=O) groups is 4. The molecule has 2 atom stereocenters. The van der Waals surface area contributed by atoms with E-state index in [-0.39, 0.29) is 24.7 Å². The van der Waals surface area contributed by atoms with Crippen molar-refractivity contribution in [3.63, 3.8) is 0 Å². The summed E-state index contributed by atoms with van der Waals surface area (Å²) >= 11 is 0. The highest BCUT2D eigenvalue weighted by atomic mass is 16.4. The predicted octanol–water partition coefficient (Wildman–Crippen LogP) is 4.36. The van der Waals surface area contributed by atoms with Gasteiger partial charge in [0.15, 0.2) is 0 Å². The van der Waals surface area contributed by atoms with Gasteiger partial charge in [-0.1, -0.05) is 78.9 Å².